The molecule has 0 spiro atoms. The predicted octanol–water partition coefficient (Wildman–Crippen LogP) is 3.44. The molecule has 0 atom stereocenters. The topological polar surface area (TPSA) is 67.5 Å². The van der Waals surface area contributed by atoms with Crippen LogP contribution in [-0.4, -0.2) is 27.2 Å². The molecule has 1 saturated carbocycles. The Balaban J connectivity index is 1.49. The van der Waals surface area contributed by atoms with Crippen LogP contribution in [0.15, 0.2) is 53.5 Å². The molecule has 152 valence electrons. The second-order valence-corrected chi connectivity index (χ2v) is 8.39. The lowest BCUT2D eigenvalue weighted by Gasteiger charge is -2.11. The predicted molar refractivity (Wildman–Crippen MR) is 116 cm³/mol. The second kappa shape index (κ2) is 7.56. The first-order chi connectivity index (χ1) is 14.6. The van der Waals surface area contributed by atoms with Crippen molar-refractivity contribution in [2.45, 2.75) is 39.2 Å². The fourth-order valence-electron chi connectivity index (χ4n) is 4.18. The first-order valence-corrected chi connectivity index (χ1v) is 10.6. The lowest BCUT2D eigenvalue weighted by Crippen LogP contribution is -2.35. The van der Waals surface area contributed by atoms with Crippen molar-refractivity contribution >= 4 is 11.5 Å². The largest absolute Gasteiger partial charge is 0.478 e. The van der Waals surface area contributed by atoms with Crippen molar-refractivity contribution in [3.63, 3.8) is 0 Å². The summed E-state index contributed by atoms with van der Waals surface area (Å²) in [5.41, 5.74) is 5.50. The van der Waals surface area contributed by atoms with E-state index in [1.807, 2.05) is 24.3 Å². The zero-order valence-corrected chi connectivity index (χ0v) is 17.1. The maximum Gasteiger partial charge on any atom is 0.336 e. The molecule has 2 aliphatic rings. The van der Waals surface area contributed by atoms with Gasteiger partial charge >= 0.3 is 5.97 Å². The summed E-state index contributed by atoms with van der Waals surface area (Å²) in [6, 6.07) is 15.3. The number of carboxylic acids is 1. The Morgan fingerprint density at radius 3 is 2.63 bits per heavy atom. The number of imidazole rings is 1. The van der Waals surface area contributed by atoms with Gasteiger partial charge in [0.2, 0.25) is 0 Å². The minimum absolute atomic E-state index is 0.325. The number of carbonyl (C=O) groups is 1. The van der Waals surface area contributed by atoms with Gasteiger partial charge in [-0.1, -0.05) is 42.5 Å². The van der Waals surface area contributed by atoms with Gasteiger partial charge < -0.3 is 9.67 Å². The number of benzene rings is 2. The van der Waals surface area contributed by atoms with Gasteiger partial charge in [-0.25, -0.2) is 9.78 Å². The van der Waals surface area contributed by atoms with Crippen molar-refractivity contribution in [2.75, 3.05) is 6.54 Å². The quantitative estimate of drug-likeness (QED) is 0.690. The molecule has 0 radical (unpaired) electrons. The van der Waals surface area contributed by atoms with E-state index in [0.29, 0.717) is 5.56 Å². The van der Waals surface area contributed by atoms with Crippen LogP contribution in [0.2, 0.25) is 0 Å². The van der Waals surface area contributed by atoms with Gasteiger partial charge in [-0.15, -0.1) is 0 Å². The molecule has 30 heavy (non-hydrogen) atoms. The normalized spacial score (nSPS) is 15.6. The first-order valence-electron chi connectivity index (χ1n) is 10.6. The number of rotatable bonds is 6. The monoisotopic (exact) mass is 399 g/mol. The number of carboxylic acid groups (broad SMARTS) is 1. The van der Waals surface area contributed by atoms with Crippen LogP contribution in [0, 0.1) is 5.92 Å². The molecule has 1 N–H and O–H groups in total. The molecule has 2 heterocycles. The van der Waals surface area contributed by atoms with E-state index in [2.05, 4.69) is 23.6 Å². The number of hydrogen-bond donors (Lipinski definition) is 1. The Bertz CT molecular complexity index is 1230. The molecule has 5 heteroatoms. The zero-order chi connectivity index (χ0) is 20.7. The summed E-state index contributed by atoms with van der Waals surface area (Å²) < 4.78 is 2.29. The van der Waals surface area contributed by atoms with E-state index in [0.717, 1.165) is 59.6 Å². The summed E-state index contributed by atoms with van der Waals surface area (Å²) >= 11 is 0. The van der Waals surface area contributed by atoms with Crippen LogP contribution in [0.5, 0.6) is 0 Å². The molecule has 2 aromatic carbocycles. The van der Waals surface area contributed by atoms with Gasteiger partial charge in [-0.2, -0.15) is 0 Å². The molecular weight excluding hydrogens is 374 g/mol. The molecule has 1 aliphatic carbocycles. The van der Waals surface area contributed by atoms with Crippen LogP contribution < -0.4 is 10.8 Å². The van der Waals surface area contributed by atoms with Crippen LogP contribution in [0.25, 0.3) is 16.7 Å². The van der Waals surface area contributed by atoms with Crippen LogP contribution in [-0.2, 0) is 13.0 Å². The van der Waals surface area contributed by atoms with Crippen LogP contribution in [0.3, 0.4) is 0 Å². The van der Waals surface area contributed by atoms with Gasteiger partial charge in [0.1, 0.15) is 11.2 Å². The fraction of sp³-hybridized carbons (Fsp3) is 0.320. The average molecular weight is 399 g/mol. The summed E-state index contributed by atoms with van der Waals surface area (Å²) in [6.07, 6.45) is 4.62. The standard InChI is InChI=1S/C25H25N3O2/c1-16-12-13-26-24-23(16)27-22(14-17-6-7-17)28(24)15-18-8-10-19(11-9-18)20-4-2-3-5-21(20)25(29)30/h2-5,8-11,17H,6-7,12-15H2,1H3,(H,29,30). The number of aromatic carboxylic acids is 1. The van der Waals surface area contributed by atoms with Gasteiger partial charge in [0.05, 0.1) is 12.1 Å². The Hall–Kier alpha value is -3.21. The lowest BCUT2D eigenvalue weighted by molar-refractivity contribution is 0.0697. The highest BCUT2D eigenvalue weighted by atomic mass is 16.4. The maximum atomic E-state index is 11.5. The summed E-state index contributed by atoms with van der Waals surface area (Å²) in [6.45, 7) is 3.74. The van der Waals surface area contributed by atoms with Gasteiger partial charge in [-0.3, -0.25) is 4.99 Å². The van der Waals surface area contributed by atoms with Crippen LogP contribution in [0.1, 0.15) is 47.9 Å². The van der Waals surface area contributed by atoms with E-state index < -0.39 is 5.97 Å². The molecule has 3 aromatic rings. The summed E-state index contributed by atoms with van der Waals surface area (Å²) in [7, 11) is 0. The highest BCUT2D eigenvalue weighted by Crippen LogP contribution is 2.32. The van der Waals surface area contributed by atoms with E-state index in [9.17, 15) is 9.90 Å². The molecule has 0 unspecified atom stereocenters. The highest BCUT2D eigenvalue weighted by molar-refractivity contribution is 5.95. The average Bonchev–Trinajstić information content (AvgIpc) is 3.51. The van der Waals surface area contributed by atoms with Crippen LogP contribution in [0.4, 0.5) is 0 Å². The van der Waals surface area contributed by atoms with Gasteiger partial charge in [0.15, 0.2) is 5.49 Å². The van der Waals surface area contributed by atoms with Gasteiger partial charge in [-0.05, 0) is 60.4 Å². The van der Waals surface area contributed by atoms with Crippen molar-refractivity contribution < 1.29 is 9.90 Å². The smallest absolute Gasteiger partial charge is 0.336 e. The number of fused-ring (bicyclic) bond motifs is 1. The molecule has 5 nitrogen and oxygen atoms in total. The molecule has 5 rings (SSSR count). The molecule has 1 aliphatic heterocycles. The van der Waals surface area contributed by atoms with E-state index in [4.69, 9.17) is 9.98 Å². The highest BCUT2D eigenvalue weighted by Gasteiger charge is 2.25. The molecule has 0 amide bonds. The van der Waals surface area contributed by atoms with Crippen LogP contribution >= 0.6 is 0 Å². The number of nitrogens with zero attached hydrogens (tertiary/aromatic N) is 3. The Morgan fingerprint density at radius 1 is 1.13 bits per heavy atom. The third-order valence-corrected chi connectivity index (χ3v) is 6.10. The summed E-state index contributed by atoms with van der Waals surface area (Å²) in [5, 5.41) is 10.5. The minimum atomic E-state index is -0.905. The fourth-order valence-corrected chi connectivity index (χ4v) is 4.18. The van der Waals surface area contributed by atoms with Crippen molar-refractivity contribution in [2.24, 2.45) is 10.9 Å². The second-order valence-electron chi connectivity index (χ2n) is 8.39. The van der Waals surface area contributed by atoms with E-state index in [-0.39, 0.29) is 0 Å². The van der Waals surface area contributed by atoms with Crippen molar-refractivity contribution in [1.82, 2.24) is 9.55 Å². The Labute approximate surface area is 175 Å². The molecule has 0 saturated heterocycles. The SMILES string of the molecule is CC1=c2nc(CC3CC3)n(Cc3ccc(-c4ccccc4C(=O)O)cc3)c2=NCC1. The maximum absolute atomic E-state index is 11.5. The van der Waals surface area contributed by atoms with Crippen molar-refractivity contribution in [3.05, 3.63) is 76.3 Å². The van der Waals surface area contributed by atoms with Crippen molar-refractivity contribution in [1.29, 1.82) is 0 Å². The summed E-state index contributed by atoms with van der Waals surface area (Å²) in [5.74, 6) is 1.01. The molecular formula is C25H25N3O2. The Kier molecular flexibility index (Phi) is 4.74. The molecule has 0 bridgehead atoms. The van der Waals surface area contributed by atoms with E-state index >= 15 is 0 Å². The van der Waals surface area contributed by atoms with Gasteiger partial charge in [0.25, 0.3) is 0 Å². The lowest BCUT2D eigenvalue weighted by atomic mass is 9.99. The third kappa shape index (κ3) is 3.56. The Morgan fingerprint density at radius 2 is 1.90 bits per heavy atom. The minimum Gasteiger partial charge on any atom is -0.478 e. The summed E-state index contributed by atoms with van der Waals surface area (Å²) in [4.78, 5) is 21.3. The molecule has 1 aromatic heterocycles. The number of hydrogen-bond acceptors (Lipinski definition) is 3. The van der Waals surface area contributed by atoms with E-state index in [1.165, 1.54) is 24.0 Å². The van der Waals surface area contributed by atoms with Gasteiger partial charge in [0, 0.05) is 13.0 Å². The number of aromatic nitrogens is 2. The van der Waals surface area contributed by atoms with E-state index in [1.54, 1.807) is 12.1 Å². The molecule has 1 fully saturated rings. The van der Waals surface area contributed by atoms with Crippen molar-refractivity contribution in [3.8, 4) is 11.1 Å². The zero-order valence-electron chi connectivity index (χ0n) is 17.1. The third-order valence-electron chi connectivity index (χ3n) is 6.10. The first kappa shape index (κ1) is 18.8.